The summed E-state index contributed by atoms with van der Waals surface area (Å²) in [5.41, 5.74) is 6.45. The predicted molar refractivity (Wildman–Crippen MR) is 79.1 cm³/mol. The Morgan fingerprint density at radius 1 is 1.38 bits per heavy atom. The van der Waals surface area contributed by atoms with Crippen LogP contribution in [0.5, 0.6) is 5.88 Å². The summed E-state index contributed by atoms with van der Waals surface area (Å²) in [6, 6.07) is 7.82. The van der Waals surface area contributed by atoms with Gasteiger partial charge in [0.25, 0.3) is 5.56 Å². The van der Waals surface area contributed by atoms with Crippen molar-refractivity contribution in [3.8, 4) is 5.88 Å². The molecule has 0 unspecified atom stereocenters. The highest BCUT2D eigenvalue weighted by Gasteiger charge is 2.12. The minimum Gasteiger partial charge on any atom is -0.492 e. The lowest BCUT2D eigenvalue weighted by Gasteiger charge is -2.06. The minimum atomic E-state index is -0.691. The first kappa shape index (κ1) is 14.6. The molecule has 110 valence electrons. The van der Waals surface area contributed by atoms with Gasteiger partial charge in [-0.05, 0) is 18.9 Å². The average molecular weight is 288 g/mol. The van der Waals surface area contributed by atoms with Crippen LogP contribution in [0.2, 0.25) is 0 Å². The van der Waals surface area contributed by atoms with Crippen LogP contribution in [0.25, 0.3) is 0 Å². The molecule has 21 heavy (non-hydrogen) atoms. The Hall–Kier alpha value is -2.83. The summed E-state index contributed by atoms with van der Waals surface area (Å²) < 4.78 is 0. The van der Waals surface area contributed by atoms with Crippen molar-refractivity contribution < 1.29 is 9.90 Å². The number of carbonyl (C=O) groups excluding carboxylic acids is 1. The third kappa shape index (κ3) is 3.82. The van der Waals surface area contributed by atoms with Crippen LogP contribution < -0.4 is 16.6 Å². The number of carbonyl (C=O) groups is 1. The van der Waals surface area contributed by atoms with Gasteiger partial charge < -0.3 is 16.2 Å². The largest absolute Gasteiger partial charge is 0.492 e. The Kier molecular flexibility index (Phi) is 4.22. The van der Waals surface area contributed by atoms with E-state index >= 15 is 0 Å². The van der Waals surface area contributed by atoms with Crippen molar-refractivity contribution in [2.45, 2.75) is 19.8 Å². The molecule has 0 radical (unpaired) electrons. The van der Waals surface area contributed by atoms with E-state index in [-0.39, 0.29) is 24.0 Å². The van der Waals surface area contributed by atoms with Crippen molar-refractivity contribution >= 4 is 17.5 Å². The maximum atomic E-state index is 11.8. The molecule has 0 saturated carbocycles. The first-order valence-electron chi connectivity index (χ1n) is 6.40. The maximum Gasteiger partial charge on any atom is 0.280 e. The molecule has 1 aromatic heterocycles. The Morgan fingerprint density at radius 2 is 2.05 bits per heavy atom. The van der Waals surface area contributed by atoms with Gasteiger partial charge in [-0.2, -0.15) is 4.98 Å². The van der Waals surface area contributed by atoms with Crippen molar-refractivity contribution in [2.24, 2.45) is 0 Å². The van der Waals surface area contributed by atoms with E-state index in [9.17, 15) is 14.7 Å². The number of aromatic hydroxyl groups is 1. The molecule has 0 aliphatic heterocycles. The lowest BCUT2D eigenvalue weighted by molar-refractivity contribution is -0.116. The molecule has 1 amide bonds. The van der Waals surface area contributed by atoms with Crippen LogP contribution >= 0.6 is 0 Å². The second-order valence-corrected chi connectivity index (χ2v) is 4.68. The number of nitrogens with zero attached hydrogens (tertiary/aromatic N) is 1. The SMILES string of the molecule is Cc1ccc(CCC(=O)Nc2c(O)nc(N)[nH]c2=O)cc1. The second-order valence-electron chi connectivity index (χ2n) is 4.68. The molecule has 0 aliphatic rings. The van der Waals surface area contributed by atoms with Crippen LogP contribution in [-0.2, 0) is 11.2 Å². The molecule has 0 atom stereocenters. The van der Waals surface area contributed by atoms with Gasteiger partial charge >= 0.3 is 0 Å². The summed E-state index contributed by atoms with van der Waals surface area (Å²) >= 11 is 0. The van der Waals surface area contributed by atoms with Crippen LogP contribution in [0, 0.1) is 6.92 Å². The summed E-state index contributed by atoms with van der Waals surface area (Å²) in [7, 11) is 0. The second kappa shape index (κ2) is 6.08. The number of H-pyrrole nitrogens is 1. The van der Waals surface area contributed by atoms with E-state index < -0.39 is 11.4 Å². The Labute approximate surface area is 120 Å². The van der Waals surface area contributed by atoms with Crippen LogP contribution in [0.15, 0.2) is 29.1 Å². The van der Waals surface area contributed by atoms with Crippen molar-refractivity contribution in [1.29, 1.82) is 0 Å². The number of rotatable bonds is 4. The normalized spacial score (nSPS) is 10.3. The van der Waals surface area contributed by atoms with Crippen LogP contribution in [-0.4, -0.2) is 21.0 Å². The number of nitrogens with two attached hydrogens (primary N) is 1. The van der Waals surface area contributed by atoms with Crippen LogP contribution in [0.3, 0.4) is 0 Å². The molecule has 2 rings (SSSR count). The molecule has 1 heterocycles. The summed E-state index contributed by atoms with van der Waals surface area (Å²) in [6.45, 7) is 1.99. The van der Waals surface area contributed by atoms with E-state index in [0.29, 0.717) is 6.42 Å². The number of benzene rings is 1. The highest BCUT2D eigenvalue weighted by atomic mass is 16.3. The number of aryl methyl sites for hydroxylation is 2. The molecular formula is C14H16N4O3. The van der Waals surface area contributed by atoms with Gasteiger partial charge in [-0.3, -0.25) is 14.6 Å². The number of nitrogen functional groups attached to an aromatic ring is 1. The van der Waals surface area contributed by atoms with Gasteiger partial charge in [0, 0.05) is 6.42 Å². The number of nitrogens with one attached hydrogen (secondary N) is 2. The molecular weight excluding hydrogens is 272 g/mol. The molecule has 0 fully saturated rings. The number of aromatic nitrogens is 2. The highest BCUT2D eigenvalue weighted by molar-refractivity contribution is 5.91. The average Bonchev–Trinajstić information content (AvgIpc) is 2.42. The molecule has 2 aromatic rings. The molecule has 7 heteroatoms. The summed E-state index contributed by atoms with van der Waals surface area (Å²) in [5, 5.41) is 11.8. The van der Waals surface area contributed by atoms with Crippen molar-refractivity contribution in [3.63, 3.8) is 0 Å². The zero-order valence-corrected chi connectivity index (χ0v) is 11.5. The van der Waals surface area contributed by atoms with Crippen LogP contribution in [0.1, 0.15) is 17.5 Å². The number of aromatic amines is 1. The molecule has 0 saturated heterocycles. The molecule has 0 spiro atoms. The van der Waals surface area contributed by atoms with E-state index in [2.05, 4.69) is 15.3 Å². The molecule has 5 N–H and O–H groups in total. The van der Waals surface area contributed by atoms with Gasteiger partial charge in [0.2, 0.25) is 17.7 Å². The Bertz CT molecular complexity index is 707. The Morgan fingerprint density at radius 3 is 2.67 bits per heavy atom. The first-order valence-corrected chi connectivity index (χ1v) is 6.40. The van der Waals surface area contributed by atoms with E-state index in [4.69, 9.17) is 5.73 Å². The quantitative estimate of drug-likeness (QED) is 0.667. The monoisotopic (exact) mass is 288 g/mol. The van der Waals surface area contributed by atoms with E-state index in [1.54, 1.807) is 0 Å². The number of amides is 1. The van der Waals surface area contributed by atoms with E-state index in [1.165, 1.54) is 0 Å². The number of anilines is 2. The zero-order chi connectivity index (χ0) is 15.4. The summed E-state index contributed by atoms with van der Waals surface area (Å²) in [6.07, 6.45) is 0.722. The highest BCUT2D eigenvalue weighted by Crippen LogP contribution is 2.15. The van der Waals surface area contributed by atoms with Gasteiger partial charge in [0.1, 0.15) is 0 Å². The van der Waals surface area contributed by atoms with Gasteiger partial charge in [-0.25, -0.2) is 0 Å². The minimum absolute atomic E-state index is 0.187. The van der Waals surface area contributed by atoms with Crippen LogP contribution in [0.4, 0.5) is 11.6 Å². The topological polar surface area (TPSA) is 121 Å². The third-order valence-electron chi connectivity index (χ3n) is 2.94. The van der Waals surface area contributed by atoms with E-state index in [0.717, 1.165) is 11.1 Å². The number of hydrogen-bond donors (Lipinski definition) is 4. The van der Waals surface area contributed by atoms with Gasteiger partial charge in [-0.15, -0.1) is 0 Å². The Balaban J connectivity index is 1.99. The number of hydrogen-bond acceptors (Lipinski definition) is 5. The standard InChI is InChI=1S/C14H16N4O3/c1-8-2-4-9(5-3-8)6-7-10(19)16-11-12(20)17-14(15)18-13(11)21/h2-5H,6-7H2,1H3,(H,16,19)(H4,15,17,18,20,21). The first-order chi connectivity index (χ1) is 9.95. The van der Waals surface area contributed by atoms with Gasteiger partial charge in [-0.1, -0.05) is 29.8 Å². The lowest BCUT2D eigenvalue weighted by Crippen LogP contribution is -2.21. The zero-order valence-electron chi connectivity index (χ0n) is 11.5. The predicted octanol–water partition coefficient (Wildman–Crippen LogP) is 0.937. The summed E-state index contributed by atoms with van der Waals surface area (Å²) in [4.78, 5) is 29.0. The lowest BCUT2D eigenvalue weighted by atomic mass is 10.1. The third-order valence-corrected chi connectivity index (χ3v) is 2.94. The molecule has 7 nitrogen and oxygen atoms in total. The molecule has 1 aromatic carbocycles. The van der Waals surface area contributed by atoms with E-state index in [1.807, 2.05) is 31.2 Å². The fourth-order valence-electron chi connectivity index (χ4n) is 1.81. The van der Waals surface area contributed by atoms with Crippen molar-refractivity contribution in [3.05, 3.63) is 45.7 Å². The maximum absolute atomic E-state index is 11.8. The van der Waals surface area contributed by atoms with Gasteiger partial charge in [0.05, 0.1) is 0 Å². The van der Waals surface area contributed by atoms with Gasteiger partial charge in [0.15, 0.2) is 5.69 Å². The van der Waals surface area contributed by atoms with Crippen molar-refractivity contribution in [2.75, 3.05) is 11.1 Å². The molecule has 0 aliphatic carbocycles. The fraction of sp³-hybridized carbons (Fsp3) is 0.214. The fourth-order valence-corrected chi connectivity index (χ4v) is 1.81. The van der Waals surface area contributed by atoms with Crippen molar-refractivity contribution in [1.82, 2.24) is 9.97 Å². The molecule has 0 bridgehead atoms. The summed E-state index contributed by atoms with van der Waals surface area (Å²) in [5.74, 6) is -1.20. The smallest absolute Gasteiger partial charge is 0.280 e.